The number of nitrogens with zero attached hydrogens (tertiary/aromatic N) is 2. The molecule has 2 N–H and O–H groups in total. The van der Waals surface area contributed by atoms with Gasteiger partial charge in [-0.25, -0.2) is 0 Å². The van der Waals surface area contributed by atoms with Gasteiger partial charge in [0, 0.05) is 6.61 Å². The zero-order valence-corrected chi connectivity index (χ0v) is 12.3. The van der Waals surface area contributed by atoms with Crippen LogP contribution < -0.4 is 15.2 Å². The van der Waals surface area contributed by atoms with Gasteiger partial charge in [0.05, 0.1) is 32.4 Å². The minimum atomic E-state index is -0.431. The van der Waals surface area contributed by atoms with E-state index >= 15 is 0 Å². The van der Waals surface area contributed by atoms with Crippen LogP contribution >= 0.6 is 0 Å². The summed E-state index contributed by atoms with van der Waals surface area (Å²) in [6.45, 7) is 2.82. The highest BCUT2D eigenvalue weighted by Gasteiger charge is 2.19. The Kier molecular flexibility index (Phi) is 5.13. The first-order valence-corrected chi connectivity index (χ1v) is 6.59. The van der Waals surface area contributed by atoms with Crippen LogP contribution in [0.2, 0.25) is 0 Å². The molecule has 0 bridgehead atoms. The lowest BCUT2D eigenvalue weighted by Crippen LogP contribution is -2.18. The largest absolute Gasteiger partial charge is 0.493 e. The molecule has 0 spiro atoms. The van der Waals surface area contributed by atoms with Crippen LogP contribution in [0.1, 0.15) is 18.8 Å². The molecule has 0 fully saturated rings. The van der Waals surface area contributed by atoms with Crippen LogP contribution in [0.4, 0.5) is 0 Å². The van der Waals surface area contributed by atoms with Gasteiger partial charge in [-0.05, 0) is 19.1 Å². The number of ether oxygens (including phenoxy) is 3. The van der Waals surface area contributed by atoms with Crippen LogP contribution in [0.25, 0.3) is 11.5 Å². The monoisotopic (exact) mass is 293 g/mol. The summed E-state index contributed by atoms with van der Waals surface area (Å²) in [6.07, 6.45) is 0. The van der Waals surface area contributed by atoms with Crippen molar-refractivity contribution in [3.8, 4) is 23.0 Å². The first kappa shape index (κ1) is 15.3. The molecule has 0 saturated heterocycles. The predicted octanol–water partition coefficient (Wildman–Crippen LogP) is 1.79. The normalized spacial score (nSPS) is 12.2. The summed E-state index contributed by atoms with van der Waals surface area (Å²) in [5, 5.41) is 3.89. The molecule has 1 aromatic carbocycles. The van der Waals surface area contributed by atoms with Crippen molar-refractivity contribution in [3.05, 3.63) is 24.0 Å². The number of rotatable bonds is 7. The lowest BCUT2D eigenvalue weighted by atomic mass is 10.2. The molecule has 0 saturated carbocycles. The predicted molar refractivity (Wildman–Crippen MR) is 76.3 cm³/mol. The van der Waals surface area contributed by atoms with Crippen LogP contribution in [-0.4, -0.2) is 37.6 Å². The Morgan fingerprint density at radius 1 is 1.29 bits per heavy atom. The average molecular weight is 293 g/mol. The van der Waals surface area contributed by atoms with Crippen LogP contribution in [0.15, 0.2) is 22.7 Å². The summed E-state index contributed by atoms with van der Waals surface area (Å²) >= 11 is 0. The molecule has 0 aliphatic rings. The summed E-state index contributed by atoms with van der Waals surface area (Å²) < 4.78 is 21.1. The molecule has 0 amide bonds. The van der Waals surface area contributed by atoms with Crippen molar-refractivity contribution in [2.45, 2.75) is 13.0 Å². The summed E-state index contributed by atoms with van der Waals surface area (Å²) in [7, 11) is 3.12. The topological polar surface area (TPSA) is 92.6 Å². The molecule has 1 heterocycles. The maximum atomic E-state index is 5.93. The molecule has 1 aromatic heterocycles. The van der Waals surface area contributed by atoms with E-state index in [-0.39, 0.29) is 0 Å². The van der Waals surface area contributed by atoms with E-state index in [9.17, 15) is 0 Å². The maximum Gasteiger partial charge on any atom is 0.261 e. The Labute approximate surface area is 123 Å². The first-order chi connectivity index (χ1) is 10.2. The Hall–Kier alpha value is -2.12. The number of methoxy groups -OCH3 is 2. The second-order valence-corrected chi connectivity index (χ2v) is 4.26. The highest BCUT2D eigenvalue weighted by atomic mass is 16.5. The standard InChI is InChI=1S/C14H19N3O4/c1-4-20-8-10(15)13-16-14(21-17-13)9-6-5-7-11(18-2)12(9)19-3/h5-7,10H,4,8,15H2,1-3H3. The SMILES string of the molecule is CCOCC(N)c1noc(-c2cccc(OC)c2OC)n1. The van der Waals surface area contributed by atoms with E-state index in [0.29, 0.717) is 42.0 Å². The van der Waals surface area contributed by atoms with E-state index in [4.69, 9.17) is 24.5 Å². The van der Waals surface area contributed by atoms with Gasteiger partial charge in [0.1, 0.15) is 0 Å². The Balaban J connectivity index is 2.29. The van der Waals surface area contributed by atoms with Gasteiger partial charge in [-0.1, -0.05) is 11.2 Å². The molecule has 7 nitrogen and oxygen atoms in total. The zero-order valence-electron chi connectivity index (χ0n) is 12.3. The minimum Gasteiger partial charge on any atom is -0.493 e. The van der Waals surface area contributed by atoms with Crippen molar-refractivity contribution in [2.75, 3.05) is 27.4 Å². The van der Waals surface area contributed by atoms with Crippen molar-refractivity contribution in [1.29, 1.82) is 0 Å². The summed E-state index contributed by atoms with van der Waals surface area (Å²) in [4.78, 5) is 4.30. The Bertz CT molecular complexity index is 585. The molecule has 7 heteroatoms. The highest BCUT2D eigenvalue weighted by molar-refractivity contribution is 5.67. The number of nitrogens with two attached hydrogens (primary N) is 1. The molecule has 1 unspecified atom stereocenters. The van der Waals surface area contributed by atoms with Gasteiger partial charge < -0.3 is 24.5 Å². The second kappa shape index (κ2) is 7.05. The quantitative estimate of drug-likeness (QED) is 0.831. The zero-order chi connectivity index (χ0) is 15.2. The summed E-state index contributed by atoms with van der Waals surface area (Å²) in [5.41, 5.74) is 6.59. The van der Waals surface area contributed by atoms with Gasteiger partial charge in [-0.15, -0.1) is 0 Å². The minimum absolute atomic E-state index is 0.327. The molecule has 0 aliphatic heterocycles. The Morgan fingerprint density at radius 3 is 2.76 bits per heavy atom. The van der Waals surface area contributed by atoms with Gasteiger partial charge >= 0.3 is 0 Å². The average Bonchev–Trinajstić information content (AvgIpc) is 3.01. The fraction of sp³-hybridized carbons (Fsp3) is 0.429. The molecule has 2 aromatic rings. The van der Waals surface area contributed by atoms with Gasteiger partial charge in [0.15, 0.2) is 17.3 Å². The molecule has 21 heavy (non-hydrogen) atoms. The van der Waals surface area contributed by atoms with Crippen molar-refractivity contribution in [1.82, 2.24) is 10.1 Å². The summed E-state index contributed by atoms with van der Waals surface area (Å²) in [5.74, 6) is 1.85. The van der Waals surface area contributed by atoms with Crippen LogP contribution in [0.3, 0.4) is 0 Å². The lowest BCUT2D eigenvalue weighted by molar-refractivity contribution is 0.130. The van der Waals surface area contributed by atoms with E-state index in [1.165, 1.54) is 0 Å². The van der Waals surface area contributed by atoms with Gasteiger partial charge in [0.25, 0.3) is 5.89 Å². The third-order valence-corrected chi connectivity index (χ3v) is 2.91. The van der Waals surface area contributed by atoms with Crippen molar-refractivity contribution >= 4 is 0 Å². The number of hydrogen-bond acceptors (Lipinski definition) is 7. The van der Waals surface area contributed by atoms with E-state index in [1.807, 2.05) is 19.1 Å². The van der Waals surface area contributed by atoms with E-state index < -0.39 is 6.04 Å². The van der Waals surface area contributed by atoms with Crippen LogP contribution in [0.5, 0.6) is 11.5 Å². The van der Waals surface area contributed by atoms with Crippen molar-refractivity contribution in [2.24, 2.45) is 5.73 Å². The summed E-state index contributed by atoms with van der Waals surface area (Å²) in [6, 6.07) is 4.99. The third kappa shape index (κ3) is 3.32. The van der Waals surface area contributed by atoms with Crippen molar-refractivity contribution in [3.63, 3.8) is 0 Å². The number of benzene rings is 1. The van der Waals surface area contributed by atoms with E-state index in [1.54, 1.807) is 20.3 Å². The molecule has 0 aliphatic carbocycles. The maximum absolute atomic E-state index is 5.93. The fourth-order valence-electron chi connectivity index (χ4n) is 1.87. The Morgan fingerprint density at radius 2 is 2.10 bits per heavy atom. The first-order valence-electron chi connectivity index (χ1n) is 6.59. The fourth-order valence-corrected chi connectivity index (χ4v) is 1.87. The molecule has 114 valence electrons. The van der Waals surface area contributed by atoms with Gasteiger partial charge in [-0.2, -0.15) is 4.98 Å². The van der Waals surface area contributed by atoms with E-state index in [2.05, 4.69) is 10.1 Å². The second-order valence-electron chi connectivity index (χ2n) is 4.26. The van der Waals surface area contributed by atoms with Crippen LogP contribution in [-0.2, 0) is 4.74 Å². The van der Waals surface area contributed by atoms with Crippen molar-refractivity contribution < 1.29 is 18.7 Å². The van der Waals surface area contributed by atoms with E-state index in [0.717, 1.165) is 0 Å². The molecule has 1 atom stereocenters. The van der Waals surface area contributed by atoms with Gasteiger partial charge in [0.2, 0.25) is 0 Å². The number of aromatic nitrogens is 2. The lowest BCUT2D eigenvalue weighted by Gasteiger charge is -2.09. The smallest absolute Gasteiger partial charge is 0.261 e. The molecular weight excluding hydrogens is 274 g/mol. The third-order valence-electron chi connectivity index (χ3n) is 2.91. The molecular formula is C14H19N3O4. The highest BCUT2D eigenvalue weighted by Crippen LogP contribution is 2.37. The molecule has 2 rings (SSSR count). The van der Waals surface area contributed by atoms with Gasteiger partial charge in [-0.3, -0.25) is 0 Å². The number of para-hydroxylation sites is 1. The van der Waals surface area contributed by atoms with Crippen LogP contribution in [0, 0.1) is 0 Å². The number of hydrogen-bond donors (Lipinski definition) is 1. The molecule has 0 radical (unpaired) electrons.